The van der Waals surface area contributed by atoms with Gasteiger partial charge in [0.1, 0.15) is 0 Å². The Labute approximate surface area is 168 Å². The Bertz CT molecular complexity index is 708. The molecule has 1 aliphatic heterocycles. The number of carbonyl (C=O) groups excluding carboxylic acids is 1. The fraction of sp³-hybridized carbons (Fsp3) is 0.652. The molecule has 154 valence electrons. The number of hydrogen-bond acceptors (Lipinski definition) is 3. The van der Waals surface area contributed by atoms with E-state index >= 15 is 0 Å². The molecule has 0 aromatic heterocycles. The molecule has 1 aliphatic carbocycles. The fourth-order valence-corrected chi connectivity index (χ4v) is 4.78. The number of carboxylic acid groups (broad SMARTS) is 1. The van der Waals surface area contributed by atoms with E-state index in [0.29, 0.717) is 12.3 Å². The van der Waals surface area contributed by atoms with Crippen molar-refractivity contribution in [2.45, 2.75) is 78.3 Å². The van der Waals surface area contributed by atoms with Crippen molar-refractivity contribution in [1.82, 2.24) is 4.90 Å². The average Bonchev–Trinajstić information content (AvgIpc) is 3.04. The average molecular weight is 387 g/mol. The largest absolute Gasteiger partial charge is 0.481 e. The molecule has 2 N–H and O–H groups in total. The molecule has 1 aromatic rings. The molecule has 5 nitrogen and oxygen atoms in total. The number of carbonyl (C=O) groups is 2. The van der Waals surface area contributed by atoms with Crippen LogP contribution in [0.25, 0.3) is 0 Å². The predicted octanol–water partition coefficient (Wildman–Crippen LogP) is 4.80. The van der Waals surface area contributed by atoms with Gasteiger partial charge in [0.15, 0.2) is 0 Å². The third-order valence-electron chi connectivity index (χ3n) is 6.32. The maximum Gasteiger partial charge on any atom is 0.303 e. The maximum atomic E-state index is 12.8. The lowest BCUT2D eigenvalue weighted by Crippen LogP contribution is -2.32. The first-order valence-electron chi connectivity index (χ1n) is 10.7. The number of carboxylic acids is 1. The highest BCUT2D eigenvalue weighted by atomic mass is 16.4. The van der Waals surface area contributed by atoms with E-state index in [1.165, 1.54) is 17.5 Å². The number of nitrogens with one attached hydrogen (secondary N) is 1. The van der Waals surface area contributed by atoms with Gasteiger partial charge in [-0.2, -0.15) is 0 Å². The monoisotopic (exact) mass is 386 g/mol. The first-order chi connectivity index (χ1) is 13.4. The fourth-order valence-electron chi connectivity index (χ4n) is 4.78. The highest BCUT2D eigenvalue weighted by Crippen LogP contribution is 2.42. The number of rotatable bonds is 8. The summed E-state index contributed by atoms with van der Waals surface area (Å²) in [5.74, 6) is -0.155. The standard InChI is InChI=1S/C23H34N2O3/c1-17(2)9-12-25-15-18-7-6-8-20(19(18)16-25)24-21(26)13-23(14-22(27)28)10-4-3-5-11-23/h6-8,17H,3-5,9-16H2,1-2H3,(H,24,26)(H,27,28). The first kappa shape index (κ1) is 20.8. The molecule has 1 heterocycles. The molecule has 2 aliphatic rings. The number of hydrogen-bond donors (Lipinski definition) is 2. The van der Waals surface area contributed by atoms with E-state index in [-0.39, 0.29) is 17.7 Å². The van der Waals surface area contributed by atoms with E-state index in [2.05, 4.69) is 30.1 Å². The second-order valence-corrected chi connectivity index (χ2v) is 9.19. The van der Waals surface area contributed by atoms with Crippen LogP contribution in [0.15, 0.2) is 18.2 Å². The highest BCUT2D eigenvalue weighted by Gasteiger charge is 2.36. The van der Waals surface area contributed by atoms with Gasteiger partial charge in [0.25, 0.3) is 0 Å². The predicted molar refractivity (Wildman–Crippen MR) is 111 cm³/mol. The van der Waals surface area contributed by atoms with Crippen molar-refractivity contribution in [3.05, 3.63) is 29.3 Å². The molecule has 1 fully saturated rings. The zero-order chi connectivity index (χ0) is 20.1. The molecular weight excluding hydrogens is 352 g/mol. The van der Waals surface area contributed by atoms with Crippen LogP contribution in [-0.2, 0) is 22.7 Å². The van der Waals surface area contributed by atoms with Crippen LogP contribution in [-0.4, -0.2) is 28.4 Å². The van der Waals surface area contributed by atoms with E-state index in [1.54, 1.807) is 0 Å². The van der Waals surface area contributed by atoms with Gasteiger partial charge in [0.2, 0.25) is 5.91 Å². The summed E-state index contributed by atoms with van der Waals surface area (Å²) in [7, 11) is 0. The molecule has 0 atom stereocenters. The lowest BCUT2D eigenvalue weighted by atomic mass is 9.69. The van der Waals surface area contributed by atoms with E-state index in [4.69, 9.17) is 0 Å². The van der Waals surface area contributed by atoms with Crippen molar-refractivity contribution in [2.75, 3.05) is 11.9 Å². The summed E-state index contributed by atoms with van der Waals surface area (Å²) in [6, 6.07) is 6.13. The third-order valence-corrected chi connectivity index (χ3v) is 6.32. The van der Waals surface area contributed by atoms with Crippen LogP contribution in [0.4, 0.5) is 5.69 Å². The Hall–Kier alpha value is -1.88. The van der Waals surface area contributed by atoms with Crippen LogP contribution in [0, 0.1) is 11.3 Å². The summed E-state index contributed by atoms with van der Waals surface area (Å²) in [4.78, 5) is 26.7. The second kappa shape index (κ2) is 9.08. The van der Waals surface area contributed by atoms with Crippen molar-refractivity contribution in [3.63, 3.8) is 0 Å². The molecule has 0 saturated heterocycles. The molecule has 28 heavy (non-hydrogen) atoms. The Morgan fingerprint density at radius 1 is 1.14 bits per heavy atom. The SMILES string of the molecule is CC(C)CCN1Cc2cccc(NC(=O)CC3(CC(=O)O)CCCCC3)c2C1. The number of amides is 1. The number of aliphatic carboxylic acids is 1. The number of fused-ring (bicyclic) bond motifs is 1. The van der Waals surface area contributed by atoms with Gasteiger partial charge in [-0.05, 0) is 54.3 Å². The van der Waals surface area contributed by atoms with Crippen molar-refractivity contribution in [1.29, 1.82) is 0 Å². The van der Waals surface area contributed by atoms with Crippen LogP contribution < -0.4 is 5.32 Å². The Morgan fingerprint density at radius 2 is 1.89 bits per heavy atom. The second-order valence-electron chi connectivity index (χ2n) is 9.19. The van der Waals surface area contributed by atoms with Crippen LogP contribution in [0.5, 0.6) is 0 Å². The molecule has 3 rings (SSSR count). The molecule has 1 aromatic carbocycles. The lowest BCUT2D eigenvalue weighted by molar-refractivity contribution is -0.140. The van der Waals surface area contributed by atoms with Gasteiger partial charge < -0.3 is 10.4 Å². The van der Waals surface area contributed by atoms with Gasteiger partial charge in [-0.25, -0.2) is 0 Å². The molecular formula is C23H34N2O3. The topological polar surface area (TPSA) is 69.6 Å². The van der Waals surface area contributed by atoms with Crippen LogP contribution in [0.3, 0.4) is 0 Å². The quantitative estimate of drug-likeness (QED) is 0.673. The summed E-state index contributed by atoms with van der Waals surface area (Å²) in [6.07, 6.45) is 6.43. The number of nitrogens with zero attached hydrogens (tertiary/aromatic N) is 1. The molecule has 0 radical (unpaired) electrons. The minimum absolute atomic E-state index is 0.0443. The molecule has 0 bridgehead atoms. The summed E-state index contributed by atoms with van der Waals surface area (Å²) >= 11 is 0. The van der Waals surface area contributed by atoms with E-state index in [0.717, 1.165) is 57.4 Å². The molecule has 0 spiro atoms. The zero-order valence-electron chi connectivity index (χ0n) is 17.3. The number of benzene rings is 1. The Balaban J connectivity index is 1.65. The van der Waals surface area contributed by atoms with E-state index in [1.807, 2.05) is 12.1 Å². The maximum absolute atomic E-state index is 12.8. The van der Waals surface area contributed by atoms with Gasteiger partial charge in [-0.1, -0.05) is 45.2 Å². The van der Waals surface area contributed by atoms with Gasteiger partial charge in [-0.15, -0.1) is 0 Å². The van der Waals surface area contributed by atoms with Crippen molar-refractivity contribution in [2.24, 2.45) is 11.3 Å². The highest BCUT2D eigenvalue weighted by molar-refractivity contribution is 5.92. The minimum atomic E-state index is -0.795. The summed E-state index contributed by atoms with van der Waals surface area (Å²) < 4.78 is 0. The van der Waals surface area contributed by atoms with Crippen LogP contribution in [0.1, 0.15) is 76.3 Å². The number of anilines is 1. The Kier molecular flexibility index (Phi) is 6.76. The zero-order valence-corrected chi connectivity index (χ0v) is 17.3. The lowest BCUT2D eigenvalue weighted by Gasteiger charge is -2.35. The van der Waals surface area contributed by atoms with Crippen molar-refractivity contribution >= 4 is 17.6 Å². The first-order valence-corrected chi connectivity index (χ1v) is 10.7. The van der Waals surface area contributed by atoms with E-state index < -0.39 is 5.97 Å². The third kappa shape index (κ3) is 5.34. The summed E-state index contributed by atoms with van der Waals surface area (Å²) in [6.45, 7) is 7.37. The smallest absolute Gasteiger partial charge is 0.303 e. The molecule has 1 amide bonds. The molecule has 0 unspecified atom stereocenters. The van der Waals surface area contributed by atoms with Crippen molar-refractivity contribution in [3.8, 4) is 0 Å². The molecule has 5 heteroatoms. The van der Waals surface area contributed by atoms with Gasteiger partial charge >= 0.3 is 5.97 Å². The van der Waals surface area contributed by atoms with Gasteiger partial charge in [-0.3, -0.25) is 14.5 Å². The van der Waals surface area contributed by atoms with Gasteiger partial charge in [0.05, 0.1) is 6.42 Å². The van der Waals surface area contributed by atoms with Crippen LogP contribution in [0.2, 0.25) is 0 Å². The summed E-state index contributed by atoms with van der Waals surface area (Å²) in [5, 5.41) is 12.5. The van der Waals surface area contributed by atoms with Crippen molar-refractivity contribution < 1.29 is 14.7 Å². The summed E-state index contributed by atoms with van der Waals surface area (Å²) in [5.41, 5.74) is 3.03. The minimum Gasteiger partial charge on any atom is -0.481 e. The molecule has 1 saturated carbocycles. The Morgan fingerprint density at radius 3 is 2.57 bits per heavy atom. The van der Waals surface area contributed by atoms with E-state index in [9.17, 15) is 14.7 Å². The normalized spacial score (nSPS) is 18.8. The van der Waals surface area contributed by atoms with Crippen LogP contribution >= 0.6 is 0 Å². The van der Waals surface area contributed by atoms with Gasteiger partial charge in [0, 0.05) is 25.2 Å².